The SMILES string of the molecule is Cc1c(/C=C2/SC(=O)N(Cc3ccccc3C#N)C2=O)c2ccccc2n1Cc1ccc([N+](=O)[O-])cc1. The molecule has 1 saturated heterocycles. The van der Waals surface area contributed by atoms with Crippen molar-refractivity contribution >= 4 is 45.6 Å². The van der Waals surface area contributed by atoms with Gasteiger partial charge in [0.05, 0.1) is 28.0 Å². The van der Waals surface area contributed by atoms with E-state index in [4.69, 9.17) is 0 Å². The Bertz CT molecular complexity index is 1650. The van der Waals surface area contributed by atoms with Gasteiger partial charge >= 0.3 is 0 Å². The molecule has 1 aliphatic heterocycles. The highest BCUT2D eigenvalue weighted by Crippen LogP contribution is 2.36. The second-order valence-electron chi connectivity index (χ2n) is 8.56. The number of benzene rings is 3. The lowest BCUT2D eigenvalue weighted by Crippen LogP contribution is -2.27. The fraction of sp³-hybridized carbons (Fsp3) is 0.107. The van der Waals surface area contributed by atoms with Crippen molar-refractivity contribution in [1.29, 1.82) is 5.26 Å². The summed E-state index contributed by atoms with van der Waals surface area (Å²) < 4.78 is 2.09. The number of nitrogens with zero attached hydrogens (tertiary/aromatic N) is 4. The van der Waals surface area contributed by atoms with Crippen molar-refractivity contribution in [2.24, 2.45) is 0 Å². The number of thioether (sulfide) groups is 1. The minimum Gasteiger partial charge on any atom is -0.340 e. The van der Waals surface area contributed by atoms with Crippen LogP contribution in [0, 0.1) is 28.4 Å². The van der Waals surface area contributed by atoms with Crippen LogP contribution in [0.15, 0.2) is 77.7 Å². The van der Waals surface area contributed by atoms with Crippen LogP contribution < -0.4 is 0 Å². The lowest BCUT2D eigenvalue weighted by molar-refractivity contribution is -0.384. The first-order valence-electron chi connectivity index (χ1n) is 11.4. The van der Waals surface area contributed by atoms with E-state index < -0.39 is 10.8 Å². The maximum absolute atomic E-state index is 13.2. The third kappa shape index (κ3) is 4.50. The van der Waals surface area contributed by atoms with Gasteiger partial charge in [-0.1, -0.05) is 48.5 Å². The van der Waals surface area contributed by atoms with Crippen LogP contribution in [0.3, 0.4) is 0 Å². The maximum atomic E-state index is 13.2. The molecular weight excluding hydrogens is 488 g/mol. The number of para-hydroxylation sites is 1. The molecular formula is C28H20N4O4S. The average Bonchev–Trinajstić information content (AvgIpc) is 3.32. The molecule has 0 atom stereocenters. The van der Waals surface area contributed by atoms with E-state index in [9.17, 15) is 25.0 Å². The fourth-order valence-electron chi connectivity index (χ4n) is 4.45. The number of carbonyl (C=O) groups is 2. The standard InChI is InChI=1S/C28H20N4O4S/c1-18-24(14-26-27(33)31(28(34)37-26)17-21-7-3-2-6-20(21)15-29)23-8-4-5-9-25(23)30(18)16-19-10-12-22(13-11-19)32(35)36/h2-14H,16-17H2,1H3/b26-14+. The molecule has 4 aromatic rings. The Hall–Kier alpha value is -4.68. The van der Waals surface area contributed by atoms with Gasteiger partial charge in [0, 0.05) is 40.8 Å². The minimum absolute atomic E-state index is 0.0339. The Kier molecular flexibility index (Phi) is 6.34. The largest absolute Gasteiger partial charge is 0.340 e. The number of hydrogen-bond donors (Lipinski definition) is 0. The van der Waals surface area contributed by atoms with E-state index in [1.807, 2.05) is 31.2 Å². The van der Waals surface area contributed by atoms with Crippen molar-refractivity contribution in [1.82, 2.24) is 9.47 Å². The highest BCUT2D eigenvalue weighted by molar-refractivity contribution is 8.18. The van der Waals surface area contributed by atoms with E-state index in [1.54, 1.807) is 42.5 Å². The molecule has 182 valence electrons. The van der Waals surface area contributed by atoms with E-state index in [-0.39, 0.29) is 17.5 Å². The van der Waals surface area contributed by atoms with Gasteiger partial charge in [-0.05, 0) is 48.0 Å². The molecule has 1 aliphatic rings. The van der Waals surface area contributed by atoms with E-state index in [1.165, 1.54) is 12.1 Å². The van der Waals surface area contributed by atoms with Gasteiger partial charge in [0.2, 0.25) is 0 Å². The monoisotopic (exact) mass is 508 g/mol. The number of carbonyl (C=O) groups excluding carboxylic acids is 2. The molecule has 0 radical (unpaired) electrons. The van der Waals surface area contributed by atoms with Crippen molar-refractivity contribution in [2.45, 2.75) is 20.0 Å². The molecule has 2 amide bonds. The summed E-state index contributed by atoms with van der Waals surface area (Å²) in [6, 6.07) is 23.2. The summed E-state index contributed by atoms with van der Waals surface area (Å²) in [6.45, 7) is 2.47. The third-order valence-electron chi connectivity index (χ3n) is 6.38. The first-order valence-corrected chi connectivity index (χ1v) is 12.2. The normalized spacial score (nSPS) is 14.5. The van der Waals surface area contributed by atoms with Crippen molar-refractivity contribution in [2.75, 3.05) is 0 Å². The van der Waals surface area contributed by atoms with Crippen molar-refractivity contribution < 1.29 is 14.5 Å². The molecule has 1 aromatic heterocycles. The second-order valence-corrected chi connectivity index (χ2v) is 9.56. The number of rotatable bonds is 6. The number of nitriles is 1. The van der Waals surface area contributed by atoms with Crippen LogP contribution in [0.4, 0.5) is 10.5 Å². The Balaban J connectivity index is 1.49. The predicted molar refractivity (Wildman–Crippen MR) is 142 cm³/mol. The molecule has 0 spiro atoms. The van der Waals surface area contributed by atoms with E-state index in [0.717, 1.165) is 44.4 Å². The zero-order valence-electron chi connectivity index (χ0n) is 19.7. The van der Waals surface area contributed by atoms with Crippen LogP contribution >= 0.6 is 11.8 Å². The van der Waals surface area contributed by atoms with Crippen LogP contribution in [-0.2, 0) is 17.9 Å². The van der Waals surface area contributed by atoms with Crippen molar-refractivity contribution in [3.63, 3.8) is 0 Å². The van der Waals surface area contributed by atoms with Crippen LogP contribution in [0.5, 0.6) is 0 Å². The molecule has 0 unspecified atom stereocenters. The summed E-state index contributed by atoms with van der Waals surface area (Å²) in [6.07, 6.45) is 1.76. The molecule has 1 fully saturated rings. The number of hydrogen-bond acceptors (Lipinski definition) is 6. The zero-order valence-corrected chi connectivity index (χ0v) is 20.6. The van der Waals surface area contributed by atoms with Gasteiger partial charge < -0.3 is 4.57 Å². The highest BCUT2D eigenvalue weighted by Gasteiger charge is 2.35. The Morgan fingerprint density at radius 2 is 1.70 bits per heavy atom. The molecule has 0 saturated carbocycles. The van der Waals surface area contributed by atoms with Crippen molar-refractivity contribution in [3.05, 3.63) is 116 Å². The van der Waals surface area contributed by atoms with Gasteiger partial charge in [0.25, 0.3) is 16.8 Å². The molecule has 8 nitrogen and oxygen atoms in total. The average molecular weight is 509 g/mol. The maximum Gasteiger partial charge on any atom is 0.293 e. The molecule has 2 heterocycles. The molecule has 37 heavy (non-hydrogen) atoms. The molecule has 9 heteroatoms. The molecule has 0 aliphatic carbocycles. The summed E-state index contributed by atoms with van der Waals surface area (Å²) in [5.74, 6) is -0.394. The predicted octanol–water partition coefficient (Wildman–Crippen LogP) is 6.01. The summed E-state index contributed by atoms with van der Waals surface area (Å²) in [5.41, 5.74) is 4.66. The number of amides is 2. The number of aromatic nitrogens is 1. The lowest BCUT2D eigenvalue weighted by atomic mass is 10.1. The van der Waals surface area contributed by atoms with E-state index >= 15 is 0 Å². The van der Waals surface area contributed by atoms with Gasteiger partial charge in [-0.2, -0.15) is 5.26 Å². The van der Waals surface area contributed by atoms with Crippen LogP contribution in [0.2, 0.25) is 0 Å². The number of fused-ring (bicyclic) bond motifs is 1. The summed E-state index contributed by atoms with van der Waals surface area (Å²) in [7, 11) is 0. The van der Waals surface area contributed by atoms with Crippen molar-refractivity contribution in [3.8, 4) is 6.07 Å². The smallest absolute Gasteiger partial charge is 0.293 e. The van der Waals surface area contributed by atoms with Crippen LogP contribution in [-0.4, -0.2) is 25.5 Å². The highest BCUT2D eigenvalue weighted by atomic mass is 32.2. The first kappa shape index (κ1) is 24.0. The Morgan fingerprint density at radius 3 is 2.43 bits per heavy atom. The summed E-state index contributed by atoms with van der Waals surface area (Å²) in [4.78, 5) is 38.0. The first-order chi connectivity index (χ1) is 17.9. The quantitative estimate of drug-likeness (QED) is 0.179. The van der Waals surface area contributed by atoms with Crippen LogP contribution in [0.1, 0.15) is 27.9 Å². The summed E-state index contributed by atoms with van der Waals surface area (Å²) in [5, 5.41) is 20.9. The minimum atomic E-state index is -0.426. The van der Waals surface area contributed by atoms with Gasteiger partial charge in [0.15, 0.2) is 0 Å². The third-order valence-corrected chi connectivity index (χ3v) is 7.29. The number of nitro benzene ring substituents is 1. The topological polar surface area (TPSA) is 109 Å². The summed E-state index contributed by atoms with van der Waals surface area (Å²) >= 11 is 0.887. The number of nitro groups is 1. The molecule has 5 rings (SSSR count). The second kappa shape index (κ2) is 9.76. The van der Waals surface area contributed by atoms with Gasteiger partial charge in [-0.15, -0.1) is 0 Å². The fourth-order valence-corrected chi connectivity index (χ4v) is 5.27. The zero-order chi connectivity index (χ0) is 26.1. The lowest BCUT2D eigenvalue weighted by Gasteiger charge is -2.13. The van der Waals surface area contributed by atoms with Gasteiger partial charge in [-0.3, -0.25) is 24.6 Å². The molecule has 0 N–H and O–H groups in total. The Labute approximate surface area is 216 Å². The molecule has 3 aromatic carbocycles. The Morgan fingerprint density at radius 1 is 1.00 bits per heavy atom. The number of non-ortho nitro benzene ring substituents is 1. The number of imide groups is 1. The molecule has 0 bridgehead atoms. The van der Waals surface area contributed by atoms with Crippen LogP contribution in [0.25, 0.3) is 17.0 Å². The van der Waals surface area contributed by atoms with E-state index in [0.29, 0.717) is 22.6 Å². The van der Waals surface area contributed by atoms with Gasteiger partial charge in [-0.25, -0.2) is 0 Å². The van der Waals surface area contributed by atoms with E-state index in [2.05, 4.69) is 10.6 Å². The van der Waals surface area contributed by atoms with Gasteiger partial charge in [0.1, 0.15) is 0 Å².